The largest absolute Gasteiger partial charge is 0.497 e. The van der Waals surface area contributed by atoms with E-state index in [2.05, 4.69) is 5.32 Å². The van der Waals surface area contributed by atoms with Gasteiger partial charge in [0.25, 0.3) is 10.0 Å². The van der Waals surface area contributed by atoms with E-state index in [1.165, 1.54) is 36.3 Å². The molecule has 236 valence electrons. The van der Waals surface area contributed by atoms with Gasteiger partial charge in [0.2, 0.25) is 11.8 Å². The molecule has 0 aliphatic carbocycles. The Kier molecular flexibility index (Phi) is 11.5. The van der Waals surface area contributed by atoms with Crippen LogP contribution in [-0.2, 0) is 32.6 Å². The maximum Gasteiger partial charge on any atom is 0.264 e. The molecule has 0 spiro atoms. The molecule has 45 heavy (non-hydrogen) atoms. The zero-order valence-electron chi connectivity index (χ0n) is 25.2. The lowest BCUT2D eigenvalue weighted by Gasteiger charge is -2.34. The number of methoxy groups -OCH3 is 1. The van der Waals surface area contributed by atoms with Crippen LogP contribution in [-0.4, -0.2) is 51.4 Å². The fraction of sp³-hybridized carbons (Fsp3) is 0.235. The van der Waals surface area contributed by atoms with Crippen LogP contribution in [0, 0.1) is 6.92 Å². The number of hydrogen-bond acceptors (Lipinski definition) is 5. The summed E-state index contributed by atoms with van der Waals surface area (Å²) >= 11 is 12.9. The molecule has 0 radical (unpaired) electrons. The van der Waals surface area contributed by atoms with Crippen LogP contribution >= 0.6 is 23.2 Å². The number of nitrogens with zero attached hydrogens (tertiary/aromatic N) is 2. The molecule has 0 unspecified atom stereocenters. The Morgan fingerprint density at radius 1 is 0.889 bits per heavy atom. The molecule has 0 saturated carbocycles. The number of anilines is 1. The average Bonchev–Trinajstić information content (AvgIpc) is 3.03. The fourth-order valence-electron chi connectivity index (χ4n) is 4.85. The highest BCUT2D eigenvalue weighted by Crippen LogP contribution is 2.35. The van der Waals surface area contributed by atoms with Crippen molar-refractivity contribution in [2.45, 2.75) is 37.8 Å². The van der Waals surface area contributed by atoms with Crippen molar-refractivity contribution >= 4 is 50.7 Å². The summed E-state index contributed by atoms with van der Waals surface area (Å²) in [5.41, 5.74) is 2.43. The number of rotatable bonds is 13. The van der Waals surface area contributed by atoms with Gasteiger partial charge in [0.1, 0.15) is 18.3 Å². The van der Waals surface area contributed by atoms with Crippen LogP contribution in [0.15, 0.2) is 102 Å². The van der Waals surface area contributed by atoms with E-state index in [9.17, 15) is 18.0 Å². The molecule has 1 N–H and O–H groups in total. The Morgan fingerprint density at radius 3 is 2.22 bits per heavy atom. The van der Waals surface area contributed by atoms with E-state index in [1.54, 1.807) is 43.3 Å². The van der Waals surface area contributed by atoms with Crippen molar-refractivity contribution in [1.82, 2.24) is 10.2 Å². The monoisotopic (exact) mass is 667 g/mol. The Hall–Kier alpha value is -4.05. The van der Waals surface area contributed by atoms with E-state index in [4.69, 9.17) is 27.9 Å². The predicted octanol–water partition coefficient (Wildman–Crippen LogP) is 6.28. The molecule has 4 aromatic rings. The topological polar surface area (TPSA) is 96.0 Å². The van der Waals surface area contributed by atoms with Crippen LogP contribution in [0.2, 0.25) is 10.0 Å². The molecule has 11 heteroatoms. The highest BCUT2D eigenvalue weighted by atomic mass is 35.5. The van der Waals surface area contributed by atoms with Crippen molar-refractivity contribution < 1.29 is 22.7 Å². The highest BCUT2D eigenvalue weighted by Gasteiger charge is 2.35. The molecule has 0 aromatic heterocycles. The van der Waals surface area contributed by atoms with Crippen molar-refractivity contribution in [3.63, 3.8) is 0 Å². The second kappa shape index (κ2) is 15.3. The fourth-order valence-corrected chi connectivity index (χ4v) is 6.72. The quantitative estimate of drug-likeness (QED) is 0.181. The van der Waals surface area contributed by atoms with E-state index >= 15 is 0 Å². The minimum Gasteiger partial charge on any atom is -0.497 e. The van der Waals surface area contributed by atoms with Gasteiger partial charge in [-0.05, 0) is 61.4 Å². The van der Waals surface area contributed by atoms with Gasteiger partial charge in [-0.25, -0.2) is 8.42 Å². The van der Waals surface area contributed by atoms with E-state index in [0.717, 1.165) is 15.4 Å². The molecule has 0 heterocycles. The molecule has 8 nitrogen and oxygen atoms in total. The average molecular weight is 669 g/mol. The molecule has 0 saturated heterocycles. The first-order valence-corrected chi connectivity index (χ1v) is 16.5. The van der Waals surface area contributed by atoms with Gasteiger partial charge in [0.15, 0.2) is 0 Å². The molecule has 1 atom stereocenters. The van der Waals surface area contributed by atoms with E-state index in [0.29, 0.717) is 17.9 Å². The number of likely N-dealkylation sites (N-methyl/N-ethyl adjacent to an activating group) is 1. The molecule has 2 amide bonds. The number of carbonyl (C=O) groups is 2. The van der Waals surface area contributed by atoms with Crippen LogP contribution < -0.4 is 14.4 Å². The van der Waals surface area contributed by atoms with Gasteiger partial charge in [-0.1, -0.05) is 89.4 Å². The van der Waals surface area contributed by atoms with Gasteiger partial charge >= 0.3 is 0 Å². The van der Waals surface area contributed by atoms with Gasteiger partial charge in [0.05, 0.1) is 27.7 Å². The van der Waals surface area contributed by atoms with E-state index in [-0.39, 0.29) is 39.5 Å². The maximum absolute atomic E-state index is 14.5. The van der Waals surface area contributed by atoms with Crippen LogP contribution in [0.5, 0.6) is 5.75 Å². The third-order valence-electron chi connectivity index (χ3n) is 7.20. The van der Waals surface area contributed by atoms with Gasteiger partial charge in [-0.15, -0.1) is 0 Å². The van der Waals surface area contributed by atoms with Crippen molar-refractivity contribution in [3.05, 3.63) is 124 Å². The smallest absolute Gasteiger partial charge is 0.264 e. The Balaban J connectivity index is 1.83. The summed E-state index contributed by atoms with van der Waals surface area (Å²) in [5.74, 6) is -0.408. The lowest BCUT2D eigenvalue weighted by Crippen LogP contribution is -2.53. The number of amides is 2. The standard InChI is InChI=1S/C34H35Cl2N3O5S/c1-4-37-34(41)31(21-25-10-6-5-7-11-25)38(22-26-12-8-13-27(20-26)44-3)32(40)23-39(30-15-9-14-29(35)33(30)36)45(42,43)28-18-16-24(2)17-19-28/h5-20,31H,4,21-23H2,1-3H3,(H,37,41)/t31-/m0/s1. The lowest BCUT2D eigenvalue weighted by molar-refractivity contribution is -0.140. The number of ether oxygens (including phenoxy) is 1. The number of aryl methyl sites for hydroxylation is 1. The molecule has 0 aliphatic rings. The molecule has 0 fully saturated rings. The minimum atomic E-state index is -4.32. The van der Waals surface area contributed by atoms with Gasteiger partial charge in [0, 0.05) is 19.5 Å². The van der Waals surface area contributed by atoms with Gasteiger partial charge in [-0.2, -0.15) is 0 Å². The number of halogens is 2. The van der Waals surface area contributed by atoms with Crippen molar-refractivity contribution in [1.29, 1.82) is 0 Å². The summed E-state index contributed by atoms with van der Waals surface area (Å²) in [6.45, 7) is 3.34. The van der Waals surface area contributed by atoms with Crippen LogP contribution in [0.4, 0.5) is 5.69 Å². The van der Waals surface area contributed by atoms with Crippen LogP contribution in [0.1, 0.15) is 23.6 Å². The predicted molar refractivity (Wildman–Crippen MR) is 178 cm³/mol. The van der Waals surface area contributed by atoms with Crippen LogP contribution in [0.25, 0.3) is 0 Å². The Morgan fingerprint density at radius 2 is 1.56 bits per heavy atom. The third kappa shape index (κ3) is 8.36. The number of carbonyl (C=O) groups excluding carboxylic acids is 2. The second-order valence-electron chi connectivity index (χ2n) is 10.4. The minimum absolute atomic E-state index is 0.00631. The number of sulfonamides is 1. The molecule has 0 bridgehead atoms. The van der Waals surface area contributed by atoms with Gasteiger partial charge < -0.3 is 15.0 Å². The first-order valence-electron chi connectivity index (χ1n) is 14.3. The first-order chi connectivity index (χ1) is 21.5. The molecule has 4 aromatic carbocycles. The van der Waals surface area contributed by atoms with Crippen molar-refractivity contribution in [2.75, 3.05) is 24.5 Å². The molecular weight excluding hydrogens is 633 g/mol. The van der Waals surface area contributed by atoms with Crippen molar-refractivity contribution in [2.24, 2.45) is 0 Å². The number of benzene rings is 4. The summed E-state index contributed by atoms with van der Waals surface area (Å²) in [7, 11) is -2.78. The zero-order valence-corrected chi connectivity index (χ0v) is 27.6. The SMILES string of the molecule is CCNC(=O)[C@H](Cc1ccccc1)N(Cc1cccc(OC)c1)C(=O)CN(c1cccc(Cl)c1Cl)S(=O)(=O)c1ccc(C)cc1. The summed E-state index contributed by atoms with van der Waals surface area (Å²) in [6, 6.07) is 26.4. The summed E-state index contributed by atoms with van der Waals surface area (Å²) in [6.07, 6.45) is 0.199. The maximum atomic E-state index is 14.5. The highest BCUT2D eigenvalue weighted by molar-refractivity contribution is 7.92. The molecule has 4 rings (SSSR count). The summed E-state index contributed by atoms with van der Waals surface area (Å²) < 4.78 is 34.7. The van der Waals surface area contributed by atoms with E-state index < -0.39 is 28.5 Å². The molecular formula is C34H35Cl2N3O5S. The number of nitrogens with one attached hydrogen (secondary N) is 1. The summed E-state index contributed by atoms with van der Waals surface area (Å²) in [4.78, 5) is 29.5. The first kappa shape index (κ1) is 33.8. The Labute approximate surface area is 274 Å². The van der Waals surface area contributed by atoms with E-state index in [1.807, 2.05) is 43.3 Å². The van der Waals surface area contributed by atoms with Crippen LogP contribution in [0.3, 0.4) is 0 Å². The molecule has 0 aliphatic heterocycles. The Bertz CT molecular complexity index is 1730. The summed E-state index contributed by atoms with van der Waals surface area (Å²) in [5, 5.41) is 2.95. The van der Waals surface area contributed by atoms with Gasteiger partial charge in [-0.3, -0.25) is 13.9 Å². The lowest BCUT2D eigenvalue weighted by atomic mass is 10.0. The second-order valence-corrected chi connectivity index (χ2v) is 13.0. The van der Waals surface area contributed by atoms with Crippen molar-refractivity contribution in [3.8, 4) is 5.75 Å². The number of hydrogen-bond donors (Lipinski definition) is 1. The zero-order chi connectivity index (χ0) is 32.6. The normalized spacial score (nSPS) is 11.8. The third-order valence-corrected chi connectivity index (χ3v) is 9.78.